The lowest BCUT2D eigenvalue weighted by atomic mass is 9.72. The summed E-state index contributed by atoms with van der Waals surface area (Å²) >= 11 is 6.45. The van der Waals surface area contributed by atoms with Crippen molar-refractivity contribution in [2.45, 2.75) is 51.1 Å². The normalized spacial score (nSPS) is 18.8. The number of carbonyl (C=O) groups excluding carboxylic acids is 1. The van der Waals surface area contributed by atoms with Gasteiger partial charge in [0.15, 0.2) is 0 Å². The first-order valence-electron chi connectivity index (χ1n) is 15.2. The minimum Gasteiger partial charge on any atom is -0.342 e. The van der Waals surface area contributed by atoms with Crippen molar-refractivity contribution in [3.05, 3.63) is 106 Å². The molecule has 1 amide bonds. The van der Waals surface area contributed by atoms with Crippen LogP contribution in [0.5, 0.6) is 0 Å². The Morgan fingerprint density at radius 2 is 1.59 bits per heavy atom. The van der Waals surface area contributed by atoms with Gasteiger partial charge in [-0.05, 0) is 71.7 Å². The first kappa shape index (κ1) is 29.8. The van der Waals surface area contributed by atoms with Crippen LogP contribution in [0.25, 0.3) is 0 Å². The summed E-state index contributed by atoms with van der Waals surface area (Å²) in [4.78, 5) is 20.5. The maximum absolute atomic E-state index is 13.6. The zero-order valence-electron chi connectivity index (χ0n) is 24.9. The van der Waals surface area contributed by atoms with Gasteiger partial charge in [0.05, 0.1) is 12.6 Å². The van der Waals surface area contributed by atoms with E-state index >= 15 is 0 Å². The summed E-state index contributed by atoms with van der Waals surface area (Å²) in [6.07, 6.45) is 3.02. The number of benzene rings is 3. The summed E-state index contributed by atoms with van der Waals surface area (Å²) < 4.78 is 0. The number of rotatable bonds is 9. The second-order valence-corrected chi connectivity index (χ2v) is 12.5. The molecule has 0 spiro atoms. The van der Waals surface area contributed by atoms with Crippen LogP contribution < -0.4 is 5.32 Å². The lowest BCUT2D eigenvalue weighted by Crippen LogP contribution is -2.47. The Hall–Kier alpha value is -2.70. The van der Waals surface area contributed by atoms with Crippen molar-refractivity contribution < 1.29 is 4.79 Å². The van der Waals surface area contributed by atoms with Gasteiger partial charge in [0.2, 0.25) is 5.91 Å². The molecule has 5 nitrogen and oxygen atoms in total. The number of carbonyl (C=O) groups is 1. The predicted molar refractivity (Wildman–Crippen MR) is 169 cm³/mol. The highest BCUT2D eigenvalue weighted by Crippen LogP contribution is 2.37. The number of piperazine rings is 1. The molecule has 2 aliphatic rings. The van der Waals surface area contributed by atoms with E-state index in [1.807, 2.05) is 18.2 Å². The molecule has 6 heteroatoms. The maximum atomic E-state index is 13.6. The topological polar surface area (TPSA) is 38.8 Å². The number of likely N-dealkylation sites (tertiary alicyclic amines) is 1. The summed E-state index contributed by atoms with van der Waals surface area (Å²) in [6.45, 7) is 11.7. The van der Waals surface area contributed by atoms with Gasteiger partial charge >= 0.3 is 0 Å². The Morgan fingerprint density at radius 1 is 0.902 bits per heavy atom. The van der Waals surface area contributed by atoms with Gasteiger partial charge in [0, 0.05) is 50.8 Å². The highest BCUT2D eigenvalue weighted by molar-refractivity contribution is 6.30. The van der Waals surface area contributed by atoms with Crippen molar-refractivity contribution in [3.8, 4) is 0 Å². The van der Waals surface area contributed by atoms with E-state index in [9.17, 15) is 4.79 Å². The van der Waals surface area contributed by atoms with Crippen LogP contribution in [0.15, 0.2) is 72.8 Å². The van der Waals surface area contributed by atoms with Crippen molar-refractivity contribution in [3.63, 3.8) is 0 Å². The molecule has 3 aromatic rings. The van der Waals surface area contributed by atoms with Gasteiger partial charge in [0.1, 0.15) is 0 Å². The van der Waals surface area contributed by atoms with Crippen LogP contribution in [-0.4, -0.2) is 73.5 Å². The summed E-state index contributed by atoms with van der Waals surface area (Å²) in [5, 5.41) is 4.36. The Balaban J connectivity index is 1.29. The third-order valence-corrected chi connectivity index (χ3v) is 9.50. The van der Waals surface area contributed by atoms with E-state index in [2.05, 4.69) is 95.5 Å². The molecular formula is C35H45ClN4O. The maximum Gasteiger partial charge on any atom is 0.236 e. The van der Waals surface area contributed by atoms with Crippen LogP contribution >= 0.6 is 11.6 Å². The number of likely N-dealkylation sites (N-methyl/N-ethyl adjacent to an activating group) is 1. The number of nitrogens with one attached hydrogen (secondary N) is 1. The minimum atomic E-state index is -0.118. The Morgan fingerprint density at radius 3 is 2.29 bits per heavy atom. The van der Waals surface area contributed by atoms with Crippen LogP contribution in [0.1, 0.15) is 60.5 Å². The fourth-order valence-electron chi connectivity index (χ4n) is 6.54. The molecule has 2 heterocycles. The fourth-order valence-corrected chi connectivity index (χ4v) is 6.74. The largest absolute Gasteiger partial charge is 0.342 e. The Bertz CT molecular complexity index is 1310. The summed E-state index contributed by atoms with van der Waals surface area (Å²) in [5.41, 5.74) is 6.58. The fraction of sp³-hybridized carbons (Fsp3) is 0.457. The average molecular weight is 573 g/mol. The standard InChI is InChI=1S/C35H45ClN4O/c1-4-27-10-6-8-15-32(27)35(2)16-18-40(19-17-35)33(41)25-37-34(28-12-9-13-30(36)24-28)31-14-7-5-11-29(31)26-39-22-20-38(3)21-23-39/h5-15,24,34,37H,4,16-23,25-26H2,1-3H3. The summed E-state index contributed by atoms with van der Waals surface area (Å²) in [6, 6.07) is 25.4. The van der Waals surface area contributed by atoms with Gasteiger partial charge in [0.25, 0.3) is 0 Å². The van der Waals surface area contributed by atoms with Crippen LogP contribution in [0.4, 0.5) is 0 Å². The molecule has 2 saturated heterocycles. The van der Waals surface area contributed by atoms with E-state index in [0.717, 1.165) is 70.6 Å². The number of nitrogens with zero attached hydrogens (tertiary/aromatic N) is 3. The highest BCUT2D eigenvalue weighted by atomic mass is 35.5. The average Bonchev–Trinajstić information content (AvgIpc) is 2.99. The molecule has 0 saturated carbocycles. The second-order valence-electron chi connectivity index (χ2n) is 12.1. The molecule has 3 aromatic carbocycles. The predicted octanol–water partition coefficient (Wildman–Crippen LogP) is 5.91. The number of aryl methyl sites for hydroxylation is 1. The van der Waals surface area contributed by atoms with E-state index in [1.165, 1.54) is 22.3 Å². The molecule has 0 aromatic heterocycles. The van der Waals surface area contributed by atoms with Crippen LogP contribution in [0.2, 0.25) is 5.02 Å². The highest BCUT2D eigenvalue weighted by Gasteiger charge is 2.34. The molecule has 1 atom stereocenters. The zero-order chi connectivity index (χ0) is 28.8. The minimum absolute atomic E-state index is 0.113. The van der Waals surface area contributed by atoms with E-state index in [4.69, 9.17) is 11.6 Å². The molecule has 0 bridgehead atoms. The smallest absolute Gasteiger partial charge is 0.236 e. The number of piperidine rings is 1. The van der Waals surface area contributed by atoms with Crippen molar-refractivity contribution in [1.29, 1.82) is 0 Å². The van der Waals surface area contributed by atoms with Crippen LogP contribution in [0.3, 0.4) is 0 Å². The summed E-state index contributed by atoms with van der Waals surface area (Å²) in [5.74, 6) is 0.166. The molecule has 0 radical (unpaired) electrons. The molecule has 1 unspecified atom stereocenters. The third-order valence-electron chi connectivity index (χ3n) is 9.26. The monoisotopic (exact) mass is 572 g/mol. The first-order valence-corrected chi connectivity index (χ1v) is 15.6. The molecule has 2 aliphatic heterocycles. The van der Waals surface area contributed by atoms with E-state index in [1.54, 1.807) is 0 Å². The molecule has 2 fully saturated rings. The van der Waals surface area contributed by atoms with E-state index in [-0.39, 0.29) is 17.4 Å². The molecule has 0 aliphatic carbocycles. The van der Waals surface area contributed by atoms with Crippen molar-refractivity contribution >= 4 is 17.5 Å². The SMILES string of the molecule is CCc1ccccc1C1(C)CCN(C(=O)CNC(c2cccc(Cl)c2)c2ccccc2CN2CCN(C)CC2)CC1. The lowest BCUT2D eigenvalue weighted by Gasteiger charge is -2.41. The Labute approximate surface area is 251 Å². The van der Waals surface area contributed by atoms with Gasteiger partial charge in [-0.25, -0.2) is 0 Å². The van der Waals surface area contributed by atoms with Gasteiger partial charge in [-0.15, -0.1) is 0 Å². The number of hydrogen-bond donors (Lipinski definition) is 1. The van der Waals surface area contributed by atoms with Crippen LogP contribution in [-0.2, 0) is 23.2 Å². The van der Waals surface area contributed by atoms with Gasteiger partial charge in [-0.2, -0.15) is 0 Å². The summed E-state index contributed by atoms with van der Waals surface area (Å²) in [7, 11) is 2.19. The number of amides is 1. The second kappa shape index (κ2) is 13.5. The van der Waals surface area contributed by atoms with Crippen molar-refractivity contribution in [1.82, 2.24) is 20.0 Å². The molecule has 5 rings (SSSR count). The molecule has 1 N–H and O–H groups in total. The number of hydrogen-bond acceptors (Lipinski definition) is 4. The lowest BCUT2D eigenvalue weighted by molar-refractivity contribution is -0.131. The molecular weight excluding hydrogens is 528 g/mol. The van der Waals surface area contributed by atoms with Gasteiger partial charge < -0.3 is 9.80 Å². The van der Waals surface area contributed by atoms with E-state index in [0.29, 0.717) is 11.6 Å². The third kappa shape index (κ3) is 7.21. The van der Waals surface area contributed by atoms with Gasteiger partial charge in [-0.3, -0.25) is 15.0 Å². The first-order chi connectivity index (χ1) is 19.9. The zero-order valence-corrected chi connectivity index (χ0v) is 25.7. The molecule has 41 heavy (non-hydrogen) atoms. The van der Waals surface area contributed by atoms with Crippen molar-refractivity contribution in [2.24, 2.45) is 0 Å². The van der Waals surface area contributed by atoms with Crippen molar-refractivity contribution in [2.75, 3.05) is 52.9 Å². The Kier molecular flexibility index (Phi) is 9.82. The van der Waals surface area contributed by atoms with Crippen LogP contribution in [0, 0.1) is 0 Å². The molecule has 218 valence electrons. The van der Waals surface area contributed by atoms with E-state index < -0.39 is 0 Å². The number of halogens is 1. The van der Waals surface area contributed by atoms with Gasteiger partial charge in [-0.1, -0.05) is 86.1 Å². The quantitative estimate of drug-likeness (QED) is 0.346.